The highest BCUT2D eigenvalue weighted by Gasteiger charge is 2.08. The number of nitro benzene ring substituents is 1. The van der Waals surface area contributed by atoms with E-state index < -0.39 is 11.0 Å². The van der Waals surface area contributed by atoms with Gasteiger partial charge in [-0.15, -0.1) is 0 Å². The van der Waals surface area contributed by atoms with Crippen LogP contribution in [0.15, 0.2) is 66.7 Å². The quantitative estimate of drug-likeness (QED) is 0.288. The third-order valence-corrected chi connectivity index (χ3v) is 5.33. The molecule has 0 saturated heterocycles. The van der Waals surface area contributed by atoms with Crippen molar-refractivity contribution in [2.75, 3.05) is 19.7 Å². The third-order valence-electron chi connectivity index (χ3n) is 5.33. The molecule has 0 aliphatic heterocycles. The second-order valence-electron chi connectivity index (χ2n) is 7.61. The van der Waals surface area contributed by atoms with E-state index in [4.69, 9.17) is 4.74 Å². The average molecular weight is 421 g/mol. The lowest BCUT2D eigenvalue weighted by molar-refractivity contribution is -0.384. The molecule has 0 aromatic heterocycles. The molecule has 3 rings (SSSR count). The van der Waals surface area contributed by atoms with Crippen LogP contribution in [0.25, 0.3) is 11.1 Å². The fraction of sp³-hybridized carbons (Fsp3) is 0.280. The van der Waals surface area contributed by atoms with Crippen molar-refractivity contribution in [1.29, 1.82) is 0 Å². The van der Waals surface area contributed by atoms with Gasteiger partial charge in [-0.1, -0.05) is 42.5 Å². The second-order valence-corrected chi connectivity index (χ2v) is 7.61. The molecule has 0 bridgehead atoms. The highest BCUT2D eigenvalue weighted by atomic mass is 16.6. The first-order valence-corrected chi connectivity index (χ1v) is 10.4. The molecule has 0 aliphatic carbocycles. The Morgan fingerprint density at radius 2 is 1.74 bits per heavy atom. The smallest absolute Gasteiger partial charge is 0.269 e. The molecule has 6 heteroatoms. The second kappa shape index (κ2) is 10.7. The van der Waals surface area contributed by atoms with Gasteiger partial charge in [0.15, 0.2) is 0 Å². The summed E-state index contributed by atoms with van der Waals surface area (Å²) in [4.78, 5) is 10.2. The summed E-state index contributed by atoms with van der Waals surface area (Å²) in [6.07, 6.45) is 0.199. The molecule has 1 atom stereocenters. The molecule has 2 N–H and O–H groups in total. The number of aliphatic hydroxyl groups excluding tert-OH is 1. The fourth-order valence-corrected chi connectivity index (χ4v) is 3.33. The maximum Gasteiger partial charge on any atom is 0.269 e. The largest absolute Gasteiger partial charge is 0.491 e. The van der Waals surface area contributed by atoms with Crippen LogP contribution < -0.4 is 10.1 Å². The van der Waals surface area contributed by atoms with Gasteiger partial charge in [-0.2, -0.15) is 0 Å². The van der Waals surface area contributed by atoms with Gasteiger partial charge in [0.25, 0.3) is 5.69 Å². The minimum atomic E-state index is -0.665. The summed E-state index contributed by atoms with van der Waals surface area (Å²) >= 11 is 0. The lowest BCUT2D eigenvalue weighted by atomic mass is 9.96. The Morgan fingerprint density at radius 1 is 1.03 bits per heavy atom. The Labute approximate surface area is 182 Å². The van der Waals surface area contributed by atoms with Crippen molar-refractivity contribution in [2.24, 2.45) is 0 Å². The van der Waals surface area contributed by atoms with E-state index in [9.17, 15) is 15.2 Å². The van der Waals surface area contributed by atoms with Crippen molar-refractivity contribution in [3.63, 3.8) is 0 Å². The van der Waals surface area contributed by atoms with E-state index >= 15 is 0 Å². The highest BCUT2D eigenvalue weighted by molar-refractivity contribution is 5.68. The molecule has 31 heavy (non-hydrogen) atoms. The summed E-state index contributed by atoms with van der Waals surface area (Å²) < 4.78 is 5.48. The van der Waals surface area contributed by atoms with Crippen LogP contribution in [-0.2, 0) is 6.42 Å². The molecule has 3 aromatic rings. The molecule has 0 heterocycles. The first-order chi connectivity index (χ1) is 14.9. The van der Waals surface area contributed by atoms with Crippen molar-refractivity contribution in [2.45, 2.75) is 26.4 Å². The normalized spacial score (nSPS) is 11.8. The van der Waals surface area contributed by atoms with Gasteiger partial charge in [-0.25, -0.2) is 0 Å². The van der Waals surface area contributed by atoms with E-state index in [-0.39, 0.29) is 12.3 Å². The predicted octanol–water partition coefficient (Wildman–Crippen LogP) is 4.45. The van der Waals surface area contributed by atoms with Crippen LogP contribution >= 0.6 is 0 Å². The van der Waals surface area contributed by atoms with Crippen LogP contribution in [0.3, 0.4) is 0 Å². The van der Waals surface area contributed by atoms with Crippen LogP contribution in [0, 0.1) is 24.0 Å². The van der Waals surface area contributed by atoms with Gasteiger partial charge in [0.05, 0.1) is 4.92 Å². The Balaban J connectivity index is 1.39. The number of hydrogen-bond acceptors (Lipinski definition) is 5. The molecule has 0 saturated carbocycles. The SMILES string of the molecule is Cc1cccc(-c2ccc(CCNCC(O)COc3ccc([N+](=O)[O-])cc3)cc2)c1C. The number of nitrogens with zero attached hydrogens (tertiary/aromatic N) is 1. The molecular formula is C25H28N2O4. The van der Waals surface area contributed by atoms with Crippen molar-refractivity contribution in [3.8, 4) is 16.9 Å². The standard InChI is InChI=1S/C25H28N2O4/c1-18-4-3-5-25(19(18)2)21-8-6-20(7-9-21)14-15-26-16-23(28)17-31-24-12-10-22(11-13-24)27(29)30/h3-13,23,26,28H,14-17H2,1-2H3. The van der Waals surface area contributed by atoms with Gasteiger partial charge >= 0.3 is 0 Å². The first kappa shape index (κ1) is 22.5. The maximum atomic E-state index is 10.7. The maximum absolute atomic E-state index is 10.7. The van der Waals surface area contributed by atoms with E-state index in [1.165, 1.54) is 52.1 Å². The lowest BCUT2D eigenvalue weighted by Gasteiger charge is -2.13. The first-order valence-electron chi connectivity index (χ1n) is 10.4. The Hall–Kier alpha value is -3.22. The minimum Gasteiger partial charge on any atom is -0.491 e. The Kier molecular flexibility index (Phi) is 7.76. The Bertz CT molecular complexity index is 1000. The van der Waals surface area contributed by atoms with E-state index in [1.807, 2.05) is 0 Å². The van der Waals surface area contributed by atoms with Gasteiger partial charge in [0, 0.05) is 18.7 Å². The van der Waals surface area contributed by atoms with Gasteiger partial charge in [0.1, 0.15) is 18.5 Å². The molecule has 0 radical (unpaired) electrons. The van der Waals surface area contributed by atoms with Gasteiger partial charge in [-0.3, -0.25) is 10.1 Å². The van der Waals surface area contributed by atoms with Crippen molar-refractivity contribution >= 4 is 5.69 Å². The molecule has 162 valence electrons. The summed E-state index contributed by atoms with van der Waals surface area (Å²) in [7, 11) is 0. The average Bonchev–Trinajstić information content (AvgIpc) is 2.78. The minimum absolute atomic E-state index is 0.0108. The molecule has 0 fully saturated rings. The number of hydrogen-bond donors (Lipinski definition) is 2. The molecule has 0 aliphatic rings. The summed E-state index contributed by atoms with van der Waals surface area (Å²) in [6.45, 7) is 5.56. The van der Waals surface area contributed by atoms with Gasteiger partial charge in [0.2, 0.25) is 0 Å². The zero-order valence-electron chi connectivity index (χ0n) is 17.9. The number of non-ortho nitro benzene ring substituents is 1. The van der Waals surface area contributed by atoms with Crippen molar-refractivity contribution < 1.29 is 14.8 Å². The topological polar surface area (TPSA) is 84.6 Å². The number of nitro groups is 1. The number of ether oxygens (including phenoxy) is 1. The zero-order chi connectivity index (χ0) is 22.2. The summed E-state index contributed by atoms with van der Waals surface area (Å²) in [5.74, 6) is 0.494. The molecule has 3 aromatic carbocycles. The summed E-state index contributed by atoms with van der Waals surface area (Å²) in [5, 5.41) is 24.0. The summed E-state index contributed by atoms with van der Waals surface area (Å²) in [6, 6.07) is 20.8. The number of benzene rings is 3. The van der Waals surface area contributed by atoms with Crippen LogP contribution in [0.1, 0.15) is 16.7 Å². The van der Waals surface area contributed by atoms with Crippen molar-refractivity contribution in [1.82, 2.24) is 5.32 Å². The molecule has 0 spiro atoms. The molecule has 1 unspecified atom stereocenters. The molecule has 0 amide bonds. The van der Waals surface area contributed by atoms with Gasteiger partial charge < -0.3 is 15.2 Å². The monoisotopic (exact) mass is 420 g/mol. The lowest BCUT2D eigenvalue weighted by Crippen LogP contribution is -2.32. The van der Waals surface area contributed by atoms with E-state index in [2.05, 4.69) is 61.6 Å². The van der Waals surface area contributed by atoms with E-state index in [0.29, 0.717) is 12.3 Å². The van der Waals surface area contributed by atoms with E-state index in [1.54, 1.807) is 0 Å². The fourth-order valence-electron chi connectivity index (χ4n) is 3.33. The van der Waals surface area contributed by atoms with Gasteiger partial charge in [-0.05, 0) is 66.8 Å². The van der Waals surface area contributed by atoms with Crippen LogP contribution in [0.5, 0.6) is 5.75 Å². The third kappa shape index (κ3) is 6.38. The van der Waals surface area contributed by atoms with Crippen LogP contribution in [0.4, 0.5) is 5.69 Å². The van der Waals surface area contributed by atoms with Crippen molar-refractivity contribution in [3.05, 3.63) is 93.5 Å². The highest BCUT2D eigenvalue weighted by Crippen LogP contribution is 2.25. The van der Waals surface area contributed by atoms with Crippen LogP contribution in [-0.4, -0.2) is 35.8 Å². The van der Waals surface area contributed by atoms with E-state index in [0.717, 1.165) is 13.0 Å². The zero-order valence-corrected chi connectivity index (χ0v) is 17.9. The number of aryl methyl sites for hydroxylation is 1. The summed E-state index contributed by atoms with van der Waals surface area (Å²) in [5.41, 5.74) is 6.33. The van der Waals surface area contributed by atoms with Crippen LogP contribution in [0.2, 0.25) is 0 Å². The number of rotatable bonds is 10. The number of nitrogens with one attached hydrogen (secondary N) is 1. The Morgan fingerprint density at radius 3 is 2.42 bits per heavy atom. The molecule has 6 nitrogen and oxygen atoms in total. The predicted molar refractivity (Wildman–Crippen MR) is 123 cm³/mol. The number of aliphatic hydroxyl groups is 1. The molecular weight excluding hydrogens is 392 g/mol.